The highest BCUT2D eigenvalue weighted by molar-refractivity contribution is 6.15. The number of hydrogen-bond acceptors (Lipinski definition) is 5. The summed E-state index contributed by atoms with van der Waals surface area (Å²) in [7, 11) is 0. The molecule has 1 aliphatic heterocycles. The topological polar surface area (TPSA) is 69.7 Å². The van der Waals surface area contributed by atoms with E-state index < -0.39 is 29.4 Å². The Morgan fingerprint density at radius 3 is 2.38 bits per heavy atom. The van der Waals surface area contributed by atoms with Crippen LogP contribution < -0.4 is 0 Å². The zero-order valence-electron chi connectivity index (χ0n) is 12.3. The first-order valence-electron chi connectivity index (χ1n) is 6.82. The van der Waals surface area contributed by atoms with Gasteiger partial charge in [-0.15, -0.1) is 0 Å². The van der Waals surface area contributed by atoms with Crippen LogP contribution in [0.25, 0.3) is 0 Å². The van der Waals surface area contributed by atoms with E-state index in [0.717, 1.165) is 11.1 Å². The summed E-state index contributed by atoms with van der Waals surface area (Å²) in [6.45, 7) is 4.87. The predicted octanol–water partition coefficient (Wildman–Crippen LogP) is 1.95. The number of ether oxygens (including phenoxy) is 2. The van der Waals surface area contributed by atoms with Gasteiger partial charge >= 0.3 is 11.9 Å². The molecular weight excluding hydrogens is 272 g/mol. The molecule has 5 heteroatoms. The van der Waals surface area contributed by atoms with Gasteiger partial charge in [0.15, 0.2) is 5.78 Å². The van der Waals surface area contributed by atoms with Gasteiger partial charge in [-0.1, -0.05) is 29.8 Å². The Kier molecular flexibility index (Phi) is 4.11. The van der Waals surface area contributed by atoms with E-state index in [1.165, 1.54) is 13.8 Å². The third-order valence-corrected chi connectivity index (χ3v) is 3.23. The summed E-state index contributed by atoms with van der Waals surface area (Å²) in [5.74, 6) is -4.89. The fourth-order valence-electron chi connectivity index (χ4n) is 2.26. The third-order valence-electron chi connectivity index (χ3n) is 3.23. The molecule has 1 fully saturated rings. The molecule has 1 aliphatic rings. The zero-order valence-corrected chi connectivity index (χ0v) is 12.3. The quantitative estimate of drug-likeness (QED) is 0.626. The molecule has 1 saturated heterocycles. The number of rotatable bonds is 4. The van der Waals surface area contributed by atoms with E-state index in [2.05, 4.69) is 0 Å². The van der Waals surface area contributed by atoms with Crippen LogP contribution in [0.3, 0.4) is 0 Å². The summed E-state index contributed by atoms with van der Waals surface area (Å²) in [5, 5.41) is 0. The first-order valence-corrected chi connectivity index (χ1v) is 6.82. The molecule has 0 atom stereocenters. The summed E-state index contributed by atoms with van der Waals surface area (Å²) in [6, 6.07) is 7.73. The molecule has 0 saturated carbocycles. The van der Waals surface area contributed by atoms with E-state index in [4.69, 9.17) is 9.47 Å². The lowest BCUT2D eigenvalue weighted by Gasteiger charge is -2.32. The van der Waals surface area contributed by atoms with Gasteiger partial charge in [-0.3, -0.25) is 14.4 Å². The summed E-state index contributed by atoms with van der Waals surface area (Å²) in [6.07, 6.45) is 0.569. The van der Waals surface area contributed by atoms with Gasteiger partial charge in [0.25, 0.3) is 5.79 Å². The maximum Gasteiger partial charge on any atom is 0.331 e. The number of cyclic esters (lactones) is 2. The van der Waals surface area contributed by atoms with Crippen LogP contribution in [0.2, 0.25) is 0 Å². The van der Waals surface area contributed by atoms with Gasteiger partial charge in [-0.2, -0.15) is 0 Å². The van der Waals surface area contributed by atoms with E-state index in [0.29, 0.717) is 6.42 Å². The highest BCUT2D eigenvalue weighted by atomic mass is 16.7. The Morgan fingerprint density at radius 1 is 1.19 bits per heavy atom. The molecule has 21 heavy (non-hydrogen) atoms. The molecule has 1 aromatic carbocycles. The summed E-state index contributed by atoms with van der Waals surface area (Å²) >= 11 is 0. The summed E-state index contributed by atoms with van der Waals surface area (Å²) in [4.78, 5) is 35.7. The van der Waals surface area contributed by atoms with Gasteiger partial charge in [-0.05, 0) is 18.9 Å². The van der Waals surface area contributed by atoms with Gasteiger partial charge in [-0.25, -0.2) is 0 Å². The molecule has 0 radical (unpaired) electrons. The number of Topliss-reactive ketones (excluding diaryl/α,β-unsaturated/α-hetero) is 1. The molecule has 0 aromatic heterocycles. The Labute approximate surface area is 123 Å². The van der Waals surface area contributed by atoms with E-state index in [1.54, 1.807) is 0 Å². The second-order valence-electron chi connectivity index (χ2n) is 5.63. The van der Waals surface area contributed by atoms with Crippen LogP contribution in [-0.2, 0) is 30.3 Å². The maximum absolute atomic E-state index is 12.1. The average Bonchev–Trinajstić information content (AvgIpc) is 2.34. The molecule has 5 nitrogen and oxygen atoms in total. The number of benzene rings is 1. The van der Waals surface area contributed by atoms with Crippen molar-refractivity contribution >= 4 is 17.7 Å². The number of aryl methyl sites for hydroxylation is 2. The summed E-state index contributed by atoms with van der Waals surface area (Å²) in [5.41, 5.74) is 2.08. The van der Waals surface area contributed by atoms with E-state index in [-0.39, 0.29) is 6.42 Å². The lowest BCUT2D eigenvalue weighted by Crippen LogP contribution is -2.49. The van der Waals surface area contributed by atoms with Crippen LogP contribution in [0, 0.1) is 12.8 Å². The Bertz CT molecular complexity index is 568. The van der Waals surface area contributed by atoms with Crippen molar-refractivity contribution in [2.24, 2.45) is 5.92 Å². The van der Waals surface area contributed by atoms with Crippen LogP contribution in [0.4, 0.5) is 0 Å². The predicted molar refractivity (Wildman–Crippen MR) is 74.3 cm³/mol. The van der Waals surface area contributed by atoms with Crippen LogP contribution in [-0.4, -0.2) is 23.5 Å². The average molecular weight is 290 g/mol. The van der Waals surface area contributed by atoms with Crippen molar-refractivity contribution in [3.05, 3.63) is 35.4 Å². The molecule has 2 rings (SSSR count). The molecule has 0 bridgehead atoms. The monoisotopic (exact) mass is 290 g/mol. The lowest BCUT2D eigenvalue weighted by atomic mass is 9.96. The standard InChI is InChI=1S/C16H18O5/c1-10-5-4-6-11(9-10)7-8-12(17)13-14(18)20-16(2,3)21-15(13)19/h4-6,9,13H,7-8H2,1-3H3. The highest BCUT2D eigenvalue weighted by Gasteiger charge is 2.46. The Hall–Kier alpha value is -2.17. The normalized spacial score (nSPS) is 18.0. The molecule has 0 aliphatic carbocycles. The van der Waals surface area contributed by atoms with Crippen molar-refractivity contribution in [3.63, 3.8) is 0 Å². The van der Waals surface area contributed by atoms with Crippen LogP contribution >= 0.6 is 0 Å². The lowest BCUT2D eigenvalue weighted by molar-refractivity contribution is -0.238. The van der Waals surface area contributed by atoms with E-state index >= 15 is 0 Å². The molecule has 0 N–H and O–H groups in total. The molecule has 0 unspecified atom stereocenters. The van der Waals surface area contributed by atoms with E-state index in [9.17, 15) is 14.4 Å². The van der Waals surface area contributed by atoms with Gasteiger partial charge in [0.1, 0.15) is 0 Å². The number of ketones is 1. The minimum Gasteiger partial charge on any atom is -0.422 e. The van der Waals surface area contributed by atoms with Crippen molar-refractivity contribution < 1.29 is 23.9 Å². The van der Waals surface area contributed by atoms with Crippen molar-refractivity contribution in [1.29, 1.82) is 0 Å². The third kappa shape index (κ3) is 3.68. The van der Waals surface area contributed by atoms with Crippen molar-refractivity contribution in [2.45, 2.75) is 39.4 Å². The zero-order chi connectivity index (χ0) is 15.6. The number of esters is 2. The van der Waals surface area contributed by atoms with Gasteiger partial charge in [0.05, 0.1) is 0 Å². The van der Waals surface area contributed by atoms with Crippen molar-refractivity contribution in [1.82, 2.24) is 0 Å². The fourth-order valence-corrected chi connectivity index (χ4v) is 2.26. The molecule has 1 aromatic rings. The van der Waals surface area contributed by atoms with Crippen molar-refractivity contribution in [3.8, 4) is 0 Å². The molecule has 0 amide bonds. The minimum atomic E-state index is -1.46. The Morgan fingerprint density at radius 2 is 1.81 bits per heavy atom. The number of carbonyl (C=O) groups excluding carboxylic acids is 3. The highest BCUT2D eigenvalue weighted by Crippen LogP contribution is 2.24. The largest absolute Gasteiger partial charge is 0.422 e. The maximum atomic E-state index is 12.1. The number of hydrogen-bond donors (Lipinski definition) is 0. The van der Waals surface area contributed by atoms with Gasteiger partial charge in [0, 0.05) is 20.3 Å². The van der Waals surface area contributed by atoms with Crippen LogP contribution in [0.1, 0.15) is 31.4 Å². The fraction of sp³-hybridized carbons (Fsp3) is 0.438. The SMILES string of the molecule is Cc1cccc(CCC(=O)C2C(=O)OC(C)(C)OC2=O)c1. The Balaban J connectivity index is 2.00. The first kappa shape index (κ1) is 15.2. The molecular formula is C16H18O5. The van der Waals surface area contributed by atoms with Gasteiger partial charge < -0.3 is 9.47 Å². The van der Waals surface area contributed by atoms with Gasteiger partial charge in [0.2, 0.25) is 5.92 Å². The smallest absolute Gasteiger partial charge is 0.331 e. The van der Waals surface area contributed by atoms with Crippen molar-refractivity contribution in [2.75, 3.05) is 0 Å². The second-order valence-corrected chi connectivity index (χ2v) is 5.63. The molecule has 112 valence electrons. The summed E-state index contributed by atoms with van der Waals surface area (Å²) < 4.78 is 9.89. The van der Waals surface area contributed by atoms with Crippen LogP contribution in [0.15, 0.2) is 24.3 Å². The van der Waals surface area contributed by atoms with E-state index in [1.807, 2.05) is 31.2 Å². The van der Waals surface area contributed by atoms with Crippen LogP contribution in [0.5, 0.6) is 0 Å². The second kappa shape index (κ2) is 5.68. The molecule has 0 spiro atoms. The number of carbonyl (C=O) groups is 3. The molecule has 1 heterocycles. The first-order chi connectivity index (χ1) is 9.78. The minimum absolute atomic E-state index is 0.0960.